The number of methoxy groups -OCH3 is 2. The van der Waals surface area contributed by atoms with Crippen molar-refractivity contribution in [2.75, 3.05) is 14.2 Å². The van der Waals surface area contributed by atoms with Gasteiger partial charge in [0, 0.05) is 0 Å². The molecule has 5 nitrogen and oxygen atoms in total. The maximum Gasteiger partial charge on any atom is 0.335 e. The number of fused-ring (bicyclic) bond motifs is 1. The molecule has 2 aliphatic rings. The molecular formula is C10H10Br2O5. The third-order valence-corrected chi connectivity index (χ3v) is 4.75. The van der Waals surface area contributed by atoms with Crippen LogP contribution in [-0.4, -0.2) is 48.0 Å². The van der Waals surface area contributed by atoms with E-state index in [0.29, 0.717) is 0 Å². The second kappa shape index (κ2) is 4.70. The monoisotopic (exact) mass is 368 g/mol. The number of carbonyl (C=O) groups is 2. The van der Waals surface area contributed by atoms with Crippen LogP contribution in [0, 0.1) is 0 Å². The van der Waals surface area contributed by atoms with E-state index >= 15 is 0 Å². The molecule has 1 aliphatic heterocycles. The summed E-state index contributed by atoms with van der Waals surface area (Å²) < 4.78 is 14.8. The lowest BCUT2D eigenvalue weighted by Crippen LogP contribution is -2.35. The van der Waals surface area contributed by atoms with E-state index in [1.54, 1.807) is 0 Å². The number of rotatable bonds is 2. The van der Waals surface area contributed by atoms with Crippen LogP contribution in [0.3, 0.4) is 0 Å². The Morgan fingerprint density at radius 3 is 1.65 bits per heavy atom. The van der Waals surface area contributed by atoms with Crippen molar-refractivity contribution >= 4 is 43.8 Å². The fraction of sp³-hybridized carbons (Fsp3) is 0.600. The summed E-state index contributed by atoms with van der Waals surface area (Å²) in [6.45, 7) is 0. The van der Waals surface area contributed by atoms with Crippen LogP contribution in [0.4, 0.5) is 0 Å². The predicted molar refractivity (Wildman–Crippen MR) is 65.1 cm³/mol. The molecule has 0 saturated carbocycles. The average Bonchev–Trinajstić information content (AvgIpc) is 3.12. The molecular weight excluding hydrogens is 360 g/mol. The third kappa shape index (κ3) is 2.04. The van der Waals surface area contributed by atoms with Crippen molar-refractivity contribution in [3.05, 3.63) is 11.1 Å². The van der Waals surface area contributed by atoms with Crippen LogP contribution in [0.5, 0.6) is 0 Å². The summed E-state index contributed by atoms with van der Waals surface area (Å²) in [7, 11) is 2.54. The van der Waals surface area contributed by atoms with Crippen molar-refractivity contribution < 1.29 is 23.8 Å². The van der Waals surface area contributed by atoms with Crippen LogP contribution in [0.2, 0.25) is 0 Å². The Bertz CT molecular complexity index is 370. The summed E-state index contributed by atoms with van der Waals surface area (Å²) in [4.78, 5) is 22.8. The van der Waals surface area contributed by atoms with Crippen molar-refractivity contribution in [2.24, 2.45) is 0 Å². The van der Waals surface area contributed by atoms with Gasteiger partial charge in [0.2, 0.25) is 0 Å². The largest absolute Gasteiger partial charge is 0.466 e. The highest BCUT2D eigenvalue weighted by Crippen LogP contribution is 2.47. The minimum absolute atomic E-state index is 0.109. The minimum Gasteiger partial charge on any atom is -0.466 e. The zero-order valence-corrected chi connectivity index (χ0v) is 12.3. The molecule has 0 bridgehead atoms. The highest BCUT2D eigenvalue weighted by atomic mass is 79.9. The van der Waals surface area contributed by atoms with Crippen molar-refractivity contribution in [1.29, 1.82) is 0 Å². The fourth-order valence-electron chi connectivity index (χ4n) is 1.90. The van der Waals surface area contributed by atoms with Crippen molar-refractivity contribution in [3.63, 3.8) is 0 Å². The predicted octanol–water partition coefficient (Wildman–Crippen LogP) is 0.937. The molecule has 1 aliphatic carbocycles. The number of halogens is 2. The number of hydrogen-bond acceptors (Lipinski definition) is 5. The van der Waals surface area contributed by atoms with Gasteiger partial charge in [-0.3, -0.25) is 0 Å². The molecule has 94 valence electrons. The lowest BCUT2D eigenvalue weighted by Gasteiger charge is -2.22. The summed E-state index contributed by atoms with van der Waals surface area (Å²) in [5.74, 6) is -1.10. The van der Waals surface area contributed by atoms with E-state index in [2.05, 4.69) is 41.3 Å². The number of esters is 2. The molecule has 1 fully saturated rings. The van der Waals surface area contributed by atoms with Crippen LogP contribution in [0.25, 0.3) is 0 Å². The first kappa shape index (κ1) is 13.0. The molecule has 0 amide bonds. The molecule has 1 heterocycles. The SMILES string of the molecule is COC(=O)C1=C(C(=O)OC)C(Br)C2OC2C1Br. The number of alkyl halides is 2. The van der Waals surface area contributed by atoms with Gasteiger partial charge >= 0.3 is 11.9 Å². The molecule has 7 heteroatoms. The summed E-state index contributed by atoms with van der Waals surface area (Å²) in [5.41, 5.74) is 0.528. The molecule has 0 aromatic heterocycles. The Morgan fingerprint density at radius 2 is 1.35 bits per heavy atom. The first-order valence-corrected chi connectivity index (χ1v) is 6.70. The lowest BCUT2D eigenvalue weighted by molar-refractivity contribution is -0.139. The second-order valence-corrected chi connectivity index (χ2v) is 5.65. The number of carbonyl (C=O) groups excluding carboxylic acids is 2. The quantitative estimate of drug-likeness (QED) is 0.411. The van der Waals surface area contributed by atoms with Gasteiger partial charge in [-0.25, -0.2) is 9.59 Å². The van der Waals surface area contributed by atoms with Crippen molar-refractivity contribution in [3.8, 4) is 0 Å². The smallest absolute Gasteiger partial charge is 0.335 e. The molecule has 2 rings (SSSR count). The van der Waals surface area contributed by atoms with Crippen LogP contribution < -0.4 is 0 Å². The van der Waals surface area contributed by atoms with Gasteiger partial charge in [0.05, 0.1) is 35.0 Å². The summed E-state index contributed by atoms with van der Waals surface area (Å²) in [5, 5.41) is 0. The molecule has 1 saturated heterocycles. The van der Waals surface area contributed by atoms with Crippen LogP contribution in [0.1, 0.15) is 0 Å². The Kier molecular flexibility index (Phi) is 3.61. The Balaban J connectivity index is 2.47. The van der Waals surface area contributed by atoms with Gasteiger partial charge in [0.25, 0.3) is 0 Å². The summed E-state index contributed by atoms with van der Waals surface area (Å²) in [6.07, 6.45) is -0.219. The van der Waals surface area contributed by atoms with E-state index in [9.17, 15) is 9.59 Å². The van der Waals surface area contributed by atoms with E-state index < -0.39 is 11.9 Å². The third-order valence-electron chi connectivity index (χ3n) is 2.79. The zero-order valence-electron chi connectivity index (χ0n) is 9.11. The zero-order chi connectivity index (χ0) is 12.7. The van der Waals surface area contributed by atoms with Crippen LogP contribution in [0.15, 0.2) is 11.1 Å². The van der Waals surface area contributed by atoms with E-state index in [4.69, 9.17) is 4.74 Å². The molecule has 17 heavy (non-hydrogen) atoms. The number of ether oxygens (including phenoxy) is 3. The molecule has 4 atom stereocenters. The van der Waals surface area contributed by atoms with E-state index in [-0.39, 0.29) is 33.0 Å². The molecule has 0 aromatic carbocycles. The van der Waals surface area contributed by atoms with Gasteiger partial charge in [-0.1, -0.05) is 31.9 Å². The van der Waals surface area contributed by atoms with Gasteiger partial charge < -0.3 is 14.2 Å². The van der Waals surface area contributed by atoms with Gasteiger partial charge in [-0.15, -0.1) is 0 Å². The van der Waals surface area contributed by atoms with Gasteiger partial charge in [-0.05, 0) is 0 Å². The Labute approximate surface area is 115 Å². The highest BCUT2D eigenvalue weighted by Gasteiger charge is 2.57. The fourth-order valence-corrected chi connectivity index (χ4v) is 3.62. The minimum atomic E-state index is -0.550. The number of epoxide rings is 1. The van der Waals surface area contributed by atoms with E-state index in [1.165, 1.54) is 14.2 Å². The first-order valence-electron chi connectivity index (χ1n) is 4.87. The molecule has 0 N–H and O–H groups in total. The Hall–Kier alpha value is -0.400. The standard InChI is InChI=1S/C10H10Br2O5/c1-15-9(13)3-4(10(14)16-2)6(12)8-7(17-8)5(3)11/h5-8H,1-2H3. The topological polar surface area (TPSA) is 65.1 Å². The van der Waals surface area contributed by atoms with Crippen LogP contribution >= 0.6 is 31.9 Å². The van der Waals surface area contributed by atoms with E-state index in [1.807, 2.05) is 0 Å². The maximum absolute atomic E-state index is 11.7. The normalized spacial score (nSPS) is 35.1. The molecule has 0 aromatic rings. The maximum atomic E-state index is 11.7. The van der Waals surface area contributed by atoms with Crippen molar-refractivity contribution in [1.82, 2.24) is 0 Å². The summed E-state index contributed by atoms with van der Waals surface area (Å²) >= 11 is 6.71. The average molecular weight is 370 g/mol. The lowest BCUT2D eigenvalue weighted by atomic mass is 9.91. The van der Waals surface area contributed by atoms with Gasteiger partial charge in [0.15, 0.2) is 0 Å². The Morgan fingerprint density at radius 1 is 1.00 bits per heavy atom. The molecule has 0 spiro atoms. The molecule has 4 unspecified atom stereocenters. The van der Waals surface area contributed by atoms with Gasteiger partial charge in [-0.2, -0.15) is 0 Å². The first-order chi connectivity index (χ1) is 8.02. The second-order valence-electron chi connectivity index (χ2n) is 3.68. The summed E-state index contributed by atoms with van der Waals surface area (Å²) in [6, 6.07) is 0. The molecule has 0 radical (unpaired) electrons. The van der Waals surface area contributed by atoms with E-state index in [0.717, 1.165) is 0 Å². The van der Waals surface area contributed by atoms with Crippen LogP contribution in [-0.2, 0) is 23.8 Å². The van der Waals surface area contributed by atoms with Gasteiger partial charge in [0.1, 0.15) is 12.2 Å². The number of hydrogen-bond donors (Lipinski definition) is 0. The van der Waals surface area contributed by atoms with Crippen molar-refractivity contribution in [2.45, 2.75) is 21.9 Å². The highest BCUT2D eigenvalue weighted by molar-refractivity contribution is 9.10.